The number of urea groups is 1. The summed E-state index contributed by atoms with van der Waals surface area (Å²) < 4.78 is 5.24. The first kappa shape index (κ1) is 17.2. The Morgan fingerprint density at radius 1 is 1.03 bits per heavy atom. The van der Waals surface area contributed by atoms with E-state index in [2.05, 4.69) is 20.4 Å². The van der Waals surface area contributed by atoms with Crippen LogP contribution >= 0.6 is 0 Å². The zero-order valence-corrected chi connectivity index (χ0v) is 15.3. The van der Waals surface area contributed by atoms with Crippen LogP contribution < -0.4 is 5.32 Å². The number of rotatable bonds is 5. The van der Waals surface area contributed by atoms with Crippen molar-refractivity contribution in [3.05, 3.63) is 72.2 Å². The van der Waals surface area contributed by atoms with E-state index in [1.54, 1.807) is 0 Å². The number of nitrogens with zero attached hydrogens (tertiary/aromatic N) is 3. The summed E-state index contributed by atoms with van der Waals surface area (Å²) in [6, 6.07) is 16.1. The highest BCUT2D eigenvalue weighted by Gasteiger charge is 2.39. The molecule has 5 rings (SSSR count). The number of para-hydroxylation sites is 1. The highest BCUT2D eigenvalue weighted by atomic mass is 16.5. The molecule has 3 heterocycles. The minimum absolute atomic E-state index is 0.0606. The van der Waals surface area contributed by atoms with Gasteiger partial charge in [-0.25, -0.2) is 4.79 Å². The monoisotopic (exact) mass is 387 g/mol. The van der Waals surface area contributed by atoms with E-state index in [-0.39, 0.29) is 18.3 Å². The summed E-state index contributed by atoms with van der Waals surface area (Å²) >= 11 is 0. The van der Waals surface area contributed by atoms with E-state index in [1.807, 2.05) is 60.8 Å². The Bertz CT molecular complexity index is 1200. The van der Waals surface area contributed by atoms with Gasteiger partial charge < -0.3 is 14.8 Å². The summed E-state index contributed by atoms with van der Waals surface area (Å²) in [5.74, 6) is 0.322. The quantitative estimate of drug-likeness (QED) is 0.513. The van der Waals surface area contributed by atoms with Gasteiger partial charge in [0, 0.05) is 29.1 Å². The van der Waals surface area contributed by atoms with E-state index in [0.717, 1.165) is 26.9 Å². The number of carbonyl (C=O) groups is 2. The summed E-state index contributed by atoms with van der Waals surface area (Å²) in [6.45, 7) is -0.0606. The first-order valence-corrected chi connectivity index (χ1v) is 9.24. The van der Waals surface area contributed by atoms with Gasteiger partial charge in [0.2, 0.25) is 11.7 Å². The second kappa shape index (κ2) is 6.90. The first-order valence-electron chi connectivity index (χ1n) is 9.24. The zero-order chi connectivity index (χ0) is 19.8. The van der Waals surface area contributed by atoms with Gasteiger partial charge in [0.15, 0.2) is 0 Å². The van der Waals surface area contributed by atoms with Crippen LogP contribution in [-0.2, 0) is 17.8 Å². The number of aromatic amines is 1. The van der Waals surface area contributed by atoms with E-state index in [1.165, 1.54) is 0 Å². The Morgan fingerprint density at radius 3 is 2.69 bits per heavy atom. The number of fused-ring (bicyclic) bond motifs is 1. The van der Waals surface area contributed by atoms with Crippen LogP contribution in [0.5, 0.6) is 0 Å². The van der Waals surface area contributed by atoms with Crippen molar-refractivity contribution in [2.45, 2.75) is 19.0 Å². The Hall–Kier alpha value is -3.94. The van der Waals surface area contributed by atoms with E-state index in [9.17, 15) is 9.59 Å². The van der Waals surface area contributed by atoms with Gasteiger partial charge in [-0.2, -0.15) is 4.98 Å². The number of imide groups is 1. The molecule has 8 nitrogen and oxygen atoms in total. The highest BCUT2D eigenvalue weighted by Crippen LogP contribution is 2.22. The lowest BCUT2D eigenvalue weighted by Gasteiger charge is -2.10. The fourth-order valence-corrected chi connectivity index (χ4v) is 3.54. The number of amides is 3. The number of hydrogen-bond acceptors (Lipinski definition) is 5. The third-order valence-corrected chi connectivity index (χ3v) is 5.00. The van der Waals surface area contributed by atoms with Crippen molar-refractivity contribution in [1.29, 1.82) is 0 Å². The summed E-state index contributed by atoms with van der Waals surface area (Å²) in [4.78, 5) is 33.8. The van der Waals surface area contributed by atoms with Crippen molar-refractivity contribution in [3.63, 3.8) is 0 Å². The summed E-state index contributed by atoms with van der Waals surface area (Å²) in [5, 5.41) is 7.72. The molecule has 0 radical (unpaired) electrons. The molecule has 1 atom stereocenters. The molecule has 1 fully saturated rings. The van der Waals surface area contributed by atoms with Gasteiger partial charge in [0.1, 0.15) is 12.6 Å². The standard InChI is InChI=1S/C21H17N5O3/c27-20-17(10-14-11-22-16-9-5-4-8-15(14)16)23-21(28)26(20)12-18-24-19(25-29-18)13-6-2-1-3-7-13/h1-9,11,17,22H,10,12H2,(H,23,28). The van der Waals surface area contributed by atoms with Crippen LogP contribution in [0.3, 0.4) is 0 Å². The van der Waals surface area contributed by atoms with Crippen LogP contribution in [0.4, 0.5) is 4.79 Å². The number of nitrogens with one attached hydrogen (secondary N) is 2. The number of H-pyrrole nitrogens is 1. The second-order valence-corrected chi connectivity index (χ2v) is 6.87. The van der Waals surface area contributed by atoms with Crippen molar-refractivity contribution in [1.82, 2.24) is 25.3 Å². The van der Waals surface area contributed by atoms with Gasteiger partial charge in [-0.1, -0.05) is 53.7 Å². The fourth-order valence-electron chi connectivity index (χ4n) is 3.54. The average molecular weight is 387 g/mol. The SMILES string of the molecule is O=C1NC(Cc2c[nH]c3ccccc23)C(=O)N1Cc1nc(-c2ccccc2)no1. The van der Waals surface area contributed by atoms with Crippen molar-refractivity contribution in [3.8, 4) is 11.4 Å². The van der Waals surface area contributed by atoms with Crippen LogP contribution in [0.25, 0.3) is 22.3 Å². The van der Waals surface area contributed by atoms with Crippen molar-refractivity contribution < 1.29 is 14.1 Å². The Morgan fingerprint density at radius 2 is 1.83 bits per heavy atom. The predicted molar refractivity (Wildman–Crippen MR) is 105 cm³/mol. The normalized spacial score (nSPS) is 16.6. The third-order valence-electron chi connectivity index (χ3n) is 5.00. The van der Waals surface area contributed by atoms with Crippen LogP contribution in [0.2, 0.25) is 0 Å². The molecule has 4 aromatic rings. The van der Waals surface area contributed by atoms with Gasteiger partial charge in [-0.15, -0.1) is 0 Å². The van der Waals surface area contributed by atoms with Crippen molar-refractivity contribution in [2.75, 3.05) is 0 Å². The molecule has 2 aromatic carbocycles. The maximum absolute atomic E-state index is 12.8. The van der Waals surface area contributed by atoms with Gasteiger partial charge in [0.25, 0.3) is 5.91 Å². The molecule has 1 unspecified atom stereocenters. The molecule has 2 aromatic heterocycles. The van der Waals surface area contributed by atoms with Crippen LogP contribution in [-0.4, -0.2) is 38.0 Å². The van der Waals surface area contributed by atoms with Crippen molar-refractivity contribution in [2.24, 2.45) is 0 Å². The van der Waals surface area contributed by atoms with Crippen molar-refractivity contribution >= 4 is 22.8 Å². The molecule has 0 bridgehead atoms. The smallest absolute Gasteiger partial charge is 0.325 e. The lowest BCUT2D eigenvalue weighted by atomic mass is 10.1. The van der Waals surface area contributed by atoms with E-state index < -0.39 is 12.1 Å². The minimum atomic E-state index is -0.627. The van der Waals surface area contributed by atoms with Crippen LogP contribution in [0.1, 0.15) is 11.5 Å². The predicted octanol–water partition coefficient (Wildman–Crippen LogP) is 2.88. The molecule has 1 aliphatic heterocycles. The molecule has 8 heteroatoms. The summed E-state index contributed by atoms with van der Waals surface area (Å²) in [6.07, 6.45) is 2.28. The molecule has 1 saturated heterocycles. The summed E-state index contributed by atoms with van der Waals surface area (Å²) in [7, 11) is 0. The number of aromatic nitrogens is 3. The Kier molecular flexibility index (Phi) is 4.09. The molecule has 29 heavy (non-hydrogen) atoms. The molecular weight excluding hydrogens is 370 g/mol. The molecule has 0 saturated carbocycles. The number of hydrogen-bond donors (Lipinski definition) is 2. The van der Waals surface area contributed by atoms with Gasteiger partial charge in [0.05, 0.1) is 0 Å². The average Bonchev–Trinajstić information content (AvgIpc) is 3.45. The second-order valence-electron chi connectivity index (χ2n) is 6.87. The lowest BCUT2D eigenvalue weighted by molar-refractivity contribution is -0.128. The molecule has 2 N–H and O–H groups in total. The molecule has 0 spiro atoms. The van der Waals surface area contributed by atoms with E-state index in [4.69, 9.17) is 4.52 Å². The Labute approximate surface area is 165 Å². The minimum Gasteiger partial charge on any atom is -0.361 e. The lowest BCUT2D eigenvalue weighted by Crippen LogP contribution is -2.32. The number of benzene rings is 2. The van der Waals surface area contributed by atoms with Gasteiger partial charge >= 0.3 is 6.03 Å². The van der Waals surface area contributed by atoms with Crippen LogP contribution in [0, 0.1) is 0 Å². The number of carbonyl (C=O) groups excluding carboxylic acids is 2. The largest absolute Gasteiger partial charge is 0.361 e. The van der Waals surface area contributed by atoms with E-state index >= 15 is 0 Å². The fraction of sp³-hybridized carbons (Fsp3) is 0.143. The molecule has 144 valence electrons. The molecular formula is C21H17N5O3. The van der Waals surface area contributed by atoms with Gasteiger partial charge in [-0.05, 0) is 11.6 Å². The maximum Gasteiger partial charge on any atom is 0.325 e. The topological polar surface area (TPSA) is 104 Å². The van der Waals surface area contributed by atoms with Crippen LogP contribution in [0.15, 0.2) is 65.3 Å². The highest BCUT2D eigenvalue weighted by molar-refractivity contribution is 6.04. The molecule has 0 aliphatic carbocycles. The van der Waals surface area contributed by atoms with Gasteiger partial charge in [-0.3, -0.25) is 9.69 Å². The molecule has 1 aliphatic rings. The first-order chi connectivity index (χ1) is 14.2. The zero-order valence-electron chi connectivity index (χ0n) is 15.3. The Balaban J connectivity index is 1.31. The summed E-state index contributed by atoms with van der Waals surface area (Å²) in [5.41, 5.74) is 2.78. The molecule has 3 amide bonds. The third kappa shape index (κ3) is 3.14. The maximum atomic E-state index is 12.8. The van der Waals surface area contributed by atoms with E-state index in [0.29, 0.717) is 12.2 Å².